The molecule has 0 aliphatic carbocycles. The normalized spacial score (nSPS) is 14.8. The molecule has 0 unspecified atom stereocenters. The van der Waals surface area contributed by atoms with Crippen molar-refractivity contribution in [2.45, 2.75) is 27.7 Å². The number of thiazole rings is 1. The van der Waals surface area contributed by atoms with E-state index in [1.165, 1.54) is 21.4 Å². The highest BCUT2D eigenvalue weighted by molar-refractivity contribution is 7.22. The van der Waals surface area contributed by atoms with Crippen LogP contribution in [0.3, 0.4) is 0 Å². The Morgan fingerprint density at radius 1 is 0.963 bits per heavy atom. The molecule has 0 radical (unpaired) electrons. The first-order chi connectivity index (χ1) is 12.9. The van der Waals surface area contributed by atoms with E-state index in [-0.39, 0.29) is 5.91 Å². The summed E-state index contributed by atoms with van der Waals surface area (Å²) in [6, 6.07) is 10.4. The lowest BCUT2D eigenvalue weighted by Crippen LogP contribution is -2.48. The fourth-order valence-electron chi connectivity index (χ4n) is 3.67. The van der Waals surface area contributed by atoms with Gasteiger partial charge in [-0.15, -0.1) is 0 Å². The predicted octanol–water partition coefficient (Wildman–Crippen LogP) is 4.49. The minimum atomic E-state index is 0.142. The SMILES string of the molecule is Cc1ccc(C(=O)N2CCN(c3nc4c(C)c(C)ccc4s3)CC2)c(C)c1. The molecule has 27 heavy (non-hydrogen) atoms. The molecule has 1 aliphatic heterocycles. The Balaban J connectivity index is 1.49. The number of carbonyl (C=O) groups excluding carboxylic acids is 1. The van der Waals surface area contributed by atoms with Crippen LogP contribution in [0.15, 0.2) is 30.3 Å². The molecule has 4 rings (SSSR count). The lowest BCUT2D eigenvalue weighted by molar-refractivity contribution is 0.0746. The Morgan fingerprint density at radius 3 is 2.41 bits per heavy atom. The van der Waals surface area contributed by atoms with Gasteiger partial charge in [-0.3, -0.25) is 4.79 Å². The van der Waals surface area contributed by atoms with Gasteiger partial charge in [0.2, 0.25) is 0 Å². The number of nitrogens with zero attached hydrogens (tertiary/aromatic N) is 3. The quantitative estimate of drug-likeness (QED) is 0.658. The maximum atomic E-state index is 12.9. The summed E-state index contributed by atoms with van der Waals surface area (Å²) in [5.41, 5.74) is 6.72. The van der Waals surface area contributed by atoms with Crippen molar-refractivity contribution in [1.29, 1.82) is 0 Å². The van der Waals surface area contributed by atoms with Gasteiger partial charge in [-0.1, -0.05) is 35.1 Å². The van der Waals surface area contributed by atoms with Gasteiger partial charge < -0.3 is 9.80 Å². The number of aromatic nitrogens is 1. The zero-order chi connectivity index (χ0) is 19.1. The van der Waals surface area contributed by atoms with Crippen LogP contribution in [0.2, 0.25) is 0 Å². The van der Waals surface area contributed by atoms with Gasteiger partial charge in [0.05, 0.1) is 10.2 Å². The summed E-state index contributed by atoms with van der Waals surface area (Å²) in [6.07, 6.45) is 0. The molecule has 1 amide bonds. The molecule has 1 saturated heterocycles. The first kappa shape index (κ1) is 18.0. The van der Waals surface area contributed by atoms with Crippen LogP contribution in [0.4, 0.5) is 5.13 Å². The summed E-state index contributed by atoms with van der Waals surface area (Å²) in [4.78, 5) is 22.1. The molecule has 4 nitrogen and oxygen atoms in total. The number of anilines is 1. The number of aryl methyl sites for hydroxylation is 4. The molecule has 2 heterocycles. The van der Waals surface area contributed by atoms with E-state index in [0.29, 0.717) is 0 Å². The fourth-order valence-corrected chi connectivity index (χ4v) is 4.75. The van der Waals surface area contributed by atoms with Gasteiger partial charge in [0.15, 0.2) is 5.13 Å². The van der Waals surface area contributed by atoms with E-state index in [1.807, 2.05) is 24.0 Å². The minimum absolute atomic E-state index is 0.142. The number of piperazine rings is 1. The molecule has 0 spiro atoms. The van der Waals surface area contributed by atoms with E-state index in [4.69, 9.17) is 4.98 Å². The van der Waals surface area contributed by atoms with Crippen molar-refractivity contribution in [2.75, 3.05) is 31.1 Å². The average molecular weight is 380 g/mol. The Kier molecular flexibility index (Phi) is 4.64. The Hall–Kier alpha value is -2.40. The third-order valence-electron chi connectivity index (χ3n) is 5.52. The number of fused-ring (bicyclic) bond motifs is 1. The molecule has 5 heteroatoms. The molecule has 1 aliphatic rings. The summed E-state index contributed by atoms with van der Waals surface area (Å²) >= 11 is 1.75. The van der Waals surface area contributed by atoms with Crippen molar-refractivity contribution in [2.24, 2.45) is 0 Å². The largest absolute Gasteiger partial charge is 0.345 e. The van der Waals surface area contributed by atoms with E-state index in [9.17, 15) is 4.79 Å². The second-order valence-electron chi connectivity index (χ2n) is 7.45. The van der Waals surface area contributed by atoms with E-state index in [1.54, 1.807) is 11.3 Å². The molecule has 3 aromatic rings. The smallest absolute Gasteiger partial charge is 0.254 e. The number of amides is 1. The summed E-state index contributed by atoms with van der Waals surface area (Å²) < 4.78 is 1.24. The third-order valence-corrected chi connectivity index (χ3v) is 6.60. The highest BCUT2D eigenvalue weighted by atomic mass is 32.1. The molecule has 1 fully saturated rings. The number of hydrogen-bond donors (Lipinski definition) is 0. The summed E-state index contributed by atoms with van der Waals surface area (Å²) in [6.45, 7) is 11.5. The van der Waals surface area contributed by atoms with Crippen molar-refractivity contribution in [1.82, 2.24) is 9.88 Å². The van der Waals surface area contributed by atoms with Crippen molar-refractivity contribution < 1.29 is 4.79 Å². The van der Waals surface area contributed by atoms with Crippen LogP contribution in [0.1, 0.15) is 32.6 Å². The van der Waals surface area contributed by atoms with Crippen LogP contribution in [-0.4, -0.2) is 42.0 Å². The zero-order valence-corrected chi connectivity index (χ0v) is 17.2. The van der Waals surface area contributed by atoms with Crippen molar-refractivity contribution in [3.05, 3.63) is 58.1 Å². The number of hydrogen-bond acceptors (Lipinski definition) is 4. The van der Waals surface area contributed by atoms with Gasteiger partial charge in [-0.2, -0.15) is 0 Å². The minimum Gasteiger partial charge on any atom is -0.345 e. The summed E-state index contributed by atoms with van der Waals surface area (Å²) in [5, 5.41) is 1.07. The first-order valence-electron chi connectivity index (χ1n) is 9.42. The molecule has 0 saturated carbocycles. The lowest BCUT2D eigenvalue weighted by Gasteiger charge is -2.34. The second kappa shape index (κ2) is 6.97. The number of benzene rings is 2. The van der Waals surface area contributed by atoms with Gasteiger partial charge >= 0.3 is 0 Å². The van der Waals surface area contributed by atoms with Crippen molar-refractivity contribution in [3.63, 3.8) is 0 Å². The highest BCUT2D eigenvalue weighted by Gasteiger charge is 2.25. The molecule has 0 N–H and O–H groups in total. The summed E-state index contributed by atoms with van der Waals surface area (Å²) in [7, 11) is 0. The van der Waals surface area contributed by atoms with E-state index >= 15 is 0 Å². The Morgan fingerprint density at radius 2 is 1.70 bits per heavy atom. The van der Waals surface area contributed by atoms with Gasteiger partial charge in [0.1, 0.15) is 0 Å². The first-order valence-corrected chi connectivity index (χ1v) is 10.2. The molecule has 1 aromatic heterocycles. The van der Waals surface area contributed by atoms with Crippen LogP contribution in [0.5, 0.6) is 0 Å². The summed E-state index contributed by atoms with van der Waals surface area (Å²) in [5.74, 6) is 0.142. The standard InChI is InChI=1S/C22H25N3OS/c1-14-5-7-18(16(3)13-14)21(26)24-9-11-25(12-10-24)22-23-20-17(4)15(2)6-8-19(20)27-22/h5-8,13H,9-12H2,1-4H3. The maximum Gasteiger partial charge on any atom is 0.254 e. The predicted molar refractivity (Wildman–Crippen MR) is 113 cm³/mol. The molecular weight excluding hydrogens is 354 g/mol. The second-order valence-corrected chi connectivity index (χ2v) is 8.46. The van der Waals surface area contributed by atoms with Gasteiger partial charge in [-0.25, -0.2) is 4.98 Å². The van der Waals surface area contributed by atoms with E-state index < -0.39 is 0 Å². The number of rotatable bonds is 2. The van der Waals surface area contributed by atoms with Crippen LogP contribution in [0, 0.1) is 27.7 Å². The van der Waals surface area contributed by atoms with E-state index in [0.717, 1.165) is 48.0 Å². The molecular formula is C22H25N3OS. The molecule has 0 atom stereocenters. The van der Waals surface area contributed by atoms with Crippen LogP contribution in [0.25, 0.3) is 10.2 Å². The monoisotopic (exact) mass is 379 g/mol. The fraction of sp³-hybridized carbons (Fsp3) is 0.364. The Bertz CT molecular complexity index is 1020. The van der Waals surface area contributed by atoms with Crippen LogP contribution >= 0.6 is 11.3 Å². The third kappa shape index (κ3) is 3.32. The van der Waals surface area contributed by atoms with Crippen molar-refractivity contribution in [3.8, 4) is 0 Å². The van der Waals surface area contributed by atoms with E-state index in [2.05, 4.69) is 43.9 Å². The average Bonchev–Trinajstić information content (AvgIpc) is 3.09. The molecule has 140 valence electrons. The van der Waals surface area contributed by atoms with Crippen LogP contribution < -0.4 is 4.90 Å². The molecule has 2 aromatic carbocycles. The van der Waals surface area contributed by atoms with Crippen molar-refractivity contribution >= 4 is 32.6 Å². The zero-order valence-electron chi connectivity index (χ0n) is 16.4. The topological polar surface area (TPSA) is 36.4 Å². The highest BCUT2D eigenvalue weighted by Crippen LogP contribution is 2.32. The van der Waals surface area contributed by atoms with Gasteiger partial charge in [0.25, 0.3) is 5.91 Å². The lowest BCUT2D eigenvalue weighted by atomic mass is 10.0. The molecule has 0 bridgehead atoms. The number of carbonyl (C=O) groups is 1. The van der Waals surface area contributed by atoms with Crippen LogP contribution in [-0.2, 0) is 0 Å². The van der Waals surface area contributed by atoms with Gasteiger partial charge in [0, 0.05) is 31.7 Å². The maximum absolute atomic E-state index is 12.9. The van der Waals surface area contributed by atoms with Gasteiger partial charge in [-0.05, 0) is 56.5 Å². The Labute approximate surface area is 164 Å².